The van der Waals surface area contributed by atoms with E-state index in [4.69, 9.17) is 5.73 Å². The van der Waals surface area contributed by atoms with Crippen molar-refractivity contribution in [1.82, 2.24) is 4.37 Å². The van der Waals surface area contributed by atoms with Crippen molar-refractivity contribution in [2.75, 3.05) is 17.6 Å². The summed E-state index contributed by atoms with van der Waals surface area (Å²) in [6.07, 6.45) is 0. The van der Waals surface area contributed by atoms with Gasteiger partial charge in [-0.05, 0) is 23.0 Å². The van der Waals surface area contributed by atoms with Gasteiger partial charge < -0.3 is 11.1 Å². The molecule has 1 unspecified atom stereocenters. The van der Waals surface area contributed by atoms with Crippen LogP contribution in [-0.4, -0.2) is 10.9 Å². The molecule has 0 saturated heterocycles. The molecule has 1 atom stereocenters. The van der Waals surface area contributed by atoms with Crippen molar-refractivity contribution >= 4 is 22.4 Å². The Morgan fingerprint density at radius 3 is 2.75 bits per heavy atom. The number of hydrogen-bond acceptors (Lipinski definition) is 4. The summed E-state index contributed by atoms with van der Waals surface area (Å²) in [7, 11) is 0. The Morgan fingerprint density at radius 1 is 1.38 bits per heavy atom. The van der Waals surface area contributed by atoms with Gasteiger partial charge in [0.25, 0.3) is 0 Å². The van der Waals surface area contributed by atoms with Crippen LogP contribution in [0.4, 0.5) is 10.8 Å². The van der Waals surface area contributed by atoms with Gasteiger partial charge in [0, 0.05) is 12.6 Å². The SMILES string of the molecule is CC(CNc1cc(N)ns1)c1ccccc1. The average Bonchev–Trinajstić information content (AvgIpc) is 2.73. The molecule has 0 spiro atoms. The third kappa shape index (κ3) is 2.73. The predicted octanol–water partition coefficient (Wildman–Crippen LogP) is 2.94. The smallest absolute Gasteiger partial charge is 0.139 e. The van der Waals surface area contributed by atoms with Crippen LogP contribution in [0.3, 0.4) is 0 Å². The van der Waals surface area contributed by atoms with E-state index in [0.29, 0.717) is 11.7 Å². The largest absolute Gasteiger partial charge is 0.383 e. The Kier molecular flexibility index (Phi) is 3.41. The number of benzene rings is 1. The minimum Gasteiger partial charge on any atom is -0.383 e. The molecule has 16 heavy (non-hydrogen) atoms. The van der Waals surface area contributed by atoms with E-state index in [2.05, 4.69) is 40.9 Å². The fourth-order valence-corrected chi connectivity index (χ4v) is 2.10. The van der Waals surface area contributed by atoms with Gasteiger partial charge in [-0.3, -0.25) is 0 Å². The van der Waals surface area contributed by atoms with Gasteiger partial charge in [0.15, 0.2) is 0 Å². The van der Waals surface area contributed by atoms with Crippen molar-refractivity contribution in [2.45, 2.75) is 12.8 Å². The van der Waals surface area contributed by atoms with Gasteiger partial charge in [-0.15, -0.1) is 0 Å². The average molecular weight is 233 g/mol. The summed E-state index contributed by atoms with van der Waals surface area (Å²) < 4.78 is 4.02. The second-order valence-electron chi connectivity index (χ2n) is 3.81. The van der Waals surface area contributed by atoms with Crippen LogP contribution in [0.25, 0.3) is 0 Å². The Balaban J connectivity index is 1.91. The van der Waals surface area contributed by atoms with Gasteiger partial charge >= 0.3 is 0 Å². The van der Waals surface area contributed by atoms with Gasteiger partial charge in [0.1, 0.15) is 10.8 Å². The van der Waals surface area contributed by atoms with Crippen molar-refractivity contribution in [3.05, 3.63) is 42.0 Å². The third-order valence-electron chi connectivity index (χ3n) is 2.48. The van der Waals surface area contributed by atoms with Crippen molar-refractivity contribution in [3.8, 4) is 0 Å². The fraction of sp³-hybridized carbons (Fsp3) is 0.250. The molecule has 4 heteroatoms. The summed E-state index contributed by atoms with van der Waals surface area (Å²) in [6.45, 7) is 3.10. The van der Waals surface area contributed by atoms with Crippen LogP contribution in [0, 0.1) is 0 Å². The molecule has 0 amide bonds. The van der Waals surface area contributed by atoms with Crippen LogP contribution >= 0.6 is 11.5 Å². The number of aromatic nitrogens is 1. The zero-order chi connectivity index (χ0) is 11.4. The van der Waals surface area contributed by atoms with Crippen molar-refractivity contribution in [3.63, 3.8) is 0 Å². The zero-order valence-corrected chi connectivity index (χ0v) is 10.00. The van der Waals surface area contributed by atoms with Crippen LogP contribution in [0.1, 0.15) is 18.4 Å². The maximum atomic E-state index is 5.56. The quantitative estimate of drug-likeness (QED) is 0.853. The molecular weight excluding hydrogens is 218 g/mol. The van der Waals surface area contributed by atoms with Crippen LogP contribution in [-0.2, 0) is 0 Å². The second kappa shape index (κ2) is 4.99. The normalized spacial score (nSPS) is 12.3. The monoisotopic (exact) mass is 233 g/mol. The number of anilines is 2. The van der Waals surface area contributed by atoms with E-state index in [1.165, 1.54) is 17.1 Å². The zero-order valence-electron chi connectivity index (χ0n) is 9.18. The molecule has 0 radical (unpaired) electrons. The first-order chi connectivity index (χ1) is 7.75. The van der Waals surface area contributed by atoms with E-state index in [-0.39, 0.29) is 0 Å². The molecule has 0 aliphatic heterocycles. The second-order valence-corrected chi connectivity index (χ2v) is 4.61. The van der Waals surface area contributed by atoms with Crippen molar-refractivity contribution < 1.29 is 0 Å². The first kappa shape index (κ1) is 11.0. The van der Waals surface area contributed by atoms with Crippen molar-refractivity contribution in [2.24, 2.45) is 0 Å². The highest BCUT2D eigenvalue weighted by molar-refractivity contribution is 7.10. The summed E-state index contributed by atoms with van der Waals surface area (Å²) in [5, 5.41) is 4.37. The Hall–Kier alpha value is -1.55. The lowest BCUT2D eigenvalue weighted by atomic mass is 10.0. The highest BCUT2D eigenvalue weighted by atomic mass is 32.1. The number of rotatable bonds is 4. The third-order valence-corrected chi connectivity index (χ3v) is 3.24. The molecule has 1 aromatic heterocycles. The number of nitrogens with two attached hydrogens (primary N) is 1. The lowest BCUT2D eigenvalue weighted by Crippen LogP contribution is -2.08. The van der Waals surface area contributed by atoms with Crippen LogP contribution in [0.15, 0.2) is 36.4 Å². The Labute approximate surface area is 99.5 Å². The number of nitrogens with zero attached hydrogens (tertiary/aromatic N) is 1. The van der Waals surface area contributed by atoms with E-state index in [1.807, 2.05) is 12.1 Å². The number of nitrogens with one attached hydrogen (secondary N) is 1. The molecule has 0 aliphatic carbocycles. The molecule has 3 N–H and O–H groups in total. The molecule has 1 aromatic carbocycles. The molecule has 3 nitrogen and oxygen atoms in total. The van der Waals surface area contributed by atoms with Gasteiger partial charge in [-0.25, -0.2) is 0 Å². The number of hydrogen-bond donors (Lipinski definition) is 2. The van der Waals surface area contributed by atoms with Crippen LogP contribution < -0.4 is 11.1 Å². The highest BCUT2D eigenvalue weighted by Gasteiger charge is 2.05. The van der Waals surface area contributed by atoms with Gasteiger partial charge in [0.2, 0.25) is 0 Å². The van der Waals surface area contributed by atoms with Crippen molar-refractivity contribution in [1.29, 1.82) is 0 Å². The summed E-state index contributed by atoms with van der Waals surface area (Å²) in [4.78, 5) is 0. The van der Waals surface area contributed by atoms with E-state index in [9.17, 15) is 0 Å². The summed E-state index contributed by atoms with van der Waals surface area (Å²) in [5.41, 5.74) is 6.90. The molecule has 0 aliphatic rings. The first-order valence-corrected chi connectivity index (χ1v) is 6.04. The molecule has 0 bridgehead atoms. The summed E-state index contributed by atoms with van der Waals surface area (Å²) in [5.74, 6) is 1.06. The predicted molar refractivity (Wildman–Crippen MR) is 69.9 cm³/mol. The summed E-state index contributed by atoms with van der Waals surface area (Å²) >= 11 is 1.40. The lowest BCUT2D eigenvalue weighted by molar-refractivity contribution is 0.806. The number of nitrogen functional groups attached to an aromatic ring is 1. The maximum absolute atomic E-state index is 5.56. The Morgan fingerprint density at radius 2 is 2.12 bits per heavy atom. The van der Waals surface area contributed by atoms with E-state index in [0.717, 1.165) is 11.5 Å². The molecule has 2 rings (SSSR count). The van der Waals surface area contributed by atoms with Crippen LogP contribution in [0.2, 0.25) is 0 Å². The van der Waals surface area contributed by atoms with E-state index < -0.39 is 0 Å². The summed E-state index contributed by atoms with van der Waals surface area (Å²) in [6, 6.07) is 12.3. The topological polar surface area (TPSA) is 50.9 Å². The fourth-order valence-electron chi connectivity index (χ4n) is 1.53. The van der Waals surface area contributed by atoms with Gasteiger partial charge in [-0.2, -0.15) is 4.37 Å². The molecule has 2 aromatic rings. The molecule has 0 saturated carbocycles. The molecule has 84 valence electrons. The lowest BCUT2D eigenvalue weighted by Gasteiger charge is -2.12. The minimum absolute atomic E-state index is 0.476. The van der Waals surface area contributed by atoms with Gasteiger partial charge in [-0.1, -0.05) is 37.3 Å². The highest BCUT2D eigenvalue weighted by Crippen LogP contribution is 2.20. The minimum atomic E-state index is 0.476. The van der Waals surface area contributed by atoms with Crippen LogP contribution in [0.5, 0.6) is 0 Å². The first-order valence-electron chi connectivity index (χ1n) is 5.26. The molecular formula is C12H15N3S. The van der Waals surface area contributed by atoms with E-state index >= 15 is 0 Å². The molecule has 0 fully saturated rings. The van der Waals surface area contributed by atoms with Gasteiger partial charge in [0.05, 0.1) is 0 Å². The maximum Gasteiger partial charge on any atom is 0.139 e. The standard InChI is InChI=1S/C12H15N3S/c1-9(10-5-3-2-4-6-10)8-14-12-7-11(13)15-16-12/h2-7,9,14H,8H2,1H3,(H2,13,15). The molecule has 1 heterocycles. The Bertz CT molecular complexity index is 439. The van der Waals surface area contributed by atoms with E-state index in [1.54, 1.807) is 0 Å².